The van der Waals surface area contributed by atoms with Gasteiger partial charge in [-0.25, -0.2) is 0 Å². The van der Waals surface area contributed by atoms with Crippen molar-refractivity contribution < 1.29 is 0 Å². The Morgan fingerprint density at radius 3 is 1.33 bits per heavy atom. The van der Waals surface area contributed by atoms with Crippen LogP contribution in [-0.4, -0.2) is 25.2 Å². The molecular formula is C34H68N2. The van der Waals surface area contributed by atoms with Crippen LogP contribution in [0.5, 0.6) is 0 Å². The van der Waals surface area contributed by atoms with Gasteiger partial charge >= 0.3 is 0 Å². The molecule has 0 aromatic carbocycles. The maximum absolute atomic E-state index is 4.03. The standard InChI is InChI=1S/C34H68N2/c1-5-9-19-29(7-3)27-31-21-13-15-23-33(31)35-25-17-11-12-18-26-36-34-24-16-14-22-32(34)28-30(8-4)20-10-6-2/h29-36H,5-28H2,1-4H3. The van der Waals surface area contributed by atoms with E-state index in [0.29, 0.717) is 0 Å². The molecule has 2 heteroatoms. The minimum absolute atomic E-state index is 0.809. The minimum atomic E-state index is 0.809. The van der Waals surface area contributed by atoms with Gasteiger partial charge in [0.2, 0.25) is 0 Å². The monoisotopic (exact) mass is 505 g/mol. The first kappa shape index (κ1) is 32.1. The van der Waals surface area contributed by atoms with Crippen LogP contribution in [0, 0.1) is 23.7 Å². The zero-order chi connectivity index (χ0) is 25.8. The number of hydrogen-bond donors (Lipinski definition) is 2. The van der Waals surface area contributed by atoms with Gasteiger partial charge in [-0.2, -0.15) is 0 Å². The van der Waals surface area contributed by atoms with E-state index >= 15 is 0 Å². The van der Waals surface area contributed by atoms with Crippen LogP contribution in [0.2, 0.25) is 0 Å². The molecule has 0 radical (unpaired) electrons. The molecule has 0 aliphatic heterocycles. The predicted molar refractivity (Wildman–Crippen MR) is 162 cm³/mol. The van der Waals surface area contributed by atoms with Gasteiger partial charge in [0, 0.05) is 12.1 Å². The molecule has 6 unspecified atom stereocenters. The molecule has 2 rings (SSSR count). The normalized spacial score (nSPS) is 26.7. The lowest BCUT2D eigenvalue weighted by Crippen LogP contribution is -2.40. The van der Waals surface area contributed by atoms with E-state index < -0.39 is 0 Å². The molecular weight excluding hydrogens is 436 g/mol. The average molecular weight is 505 g/mol. The molecule has 36 heavy (non-hydrogen) atoms. The van der Waals surface area contributed by atoms with Crippen molar-refractivity contribution in [2.75, 3.05) is 13.1 Å². The molecule has 0 spiro atoms. The molecule has 0 saturated heterocycles. The van der Waals surface area contributed by atoms with Crippen molar-refractivity contribution in [3.63, 3.8) is 0 Å². The van der Waals surface area contributed by atoms with Gasteiger partial charge in [0.15, 0.2) is 0 Å². The highest BCUT2D eigenvalue weighted by molar-refractivity contribution is 4.84. The molecule has 2 nitrogen and oxygen atoms in total. The van der Waals surface area contributed by atoms with Crippen molar-refractivity contribution in [3.05, 3.63) is 0 Å². The lowest BCUT2D eigenvalue weighted by molar-refractivity contribution is 0.209. The van der Waals surface area contributed by atoms with Crippen molar-refractivity contribution >= 4 is 0 Å². The first-order valence-electron chi connectivity index (χ1n) is 17.2. The van der Waals surface area contributed by atoms with Crippen LogP contribution in [0.15, 0.2) is 0 Å². The Kier molecular flexibility index (Phi) is 18.6. The molecule has 0 heterocycles. The van der Waals surface area contributed by atoms with Crippen LogP contribution >= 0.6 is 0 Å². The van der Waals surface area contributed by atoms with E-state index in [1.54, 1.807) is 0 Å². The van der Waals surface area contributed by atoms with E-state index in [0.717, 1.165) is 35.8 Å². The molecule has 2 aliphatic carbocycles. The third kappa shape index (κ3) is 13.1. The molecule has 2 saturated carbocycles. The number of hydrogen-bond acceptors (Lipinski definition) is 2. The Morgan fingerprint density at radius 2 is 0.944 bits per heavy atom. The summed E-state index contributed by atoms with van der Waals surface area (Å²) in [6.07, 6.45) is 31.5. The van der Waals surface area contributed by atoms with E-state index in [2.05, 4.69) is 38.3 Å². The van der Waals surface area contributed by atoms with E-state index in [1.807, 2.05) is 0 Å². The highest BCUT2D eigenvalue weighted by Gasteiger charge is 2.27. The second-order valence-corrected chi connectivity index (χ2v) is 12.9. The number of rotatable bonds is 21. The van der Waals surface area contributed by atoms with Crippen LogP contribution in [-0.2, 0) is 0 Å². The Bertz CT molecular complexity index is 448. The third-order valence-corrected chi connectivity index (χ3v) is 10.1. The first-order valence-corrected chi connectivity index (χ1v) is 17.2. The first-order chi connectivity index (χ1) is 17.7. The smallest absolute Gasteiger partial charge is 0.00954 e. The van der Waals surface area contributed by atoms with Gasteiger partial charge in [0.25, 0.3) is 0 Å². The fraction of sp³-hybridized carbons (Fsp3) is 1.00. The summed E-state index contributed by atoms with van der Waals surface area (Å²) in [5, 5.41) is 8.06. The predicted octanol–water partition coefficient (Wildman–Crippen LogP) is 10.1. The summed E-state index contributed by atoms with van der Waals surface area (Å²) in [6.45, 7) is 12.0. The molecule has 6 atom stereocenters. The number of unbranched alkanes of at least 4 members (excludes halogenated alkanes) is 5. The minimum Gasteiger partial charge on any atom is -0.314 e. The molecule has 2 aliphatic rings. The Labute approximate surface area is 228 Å². The van der Waals surface area contributed by atoms with Crippen molar-refractivity contribution in [1.82, 2.24) is 10.6 Å². The SMILES string of the molecule is CCCCC(CC)CC1CCCCC1NCCCCCCNC1CCCCC1CC(CC)CCCC. The summed E-state index contributed by atoms with van der Waals surface area (Å²) < 4.78 is 0. The highest BCUT2D eigenvalue weighted by Crippen LogP contribution is 2.33. The fourth-order valence-corrected chi connectivity index (χ4v) is 7.51. The second kappa shape index (κ2) is 20.8. The summed E-state index contributed by atoms with van der Waals surface area (Å²) in [4.78, 5) is 0. The maximum atomic E-state index is 4.03. The lowest BCUT2D eigenvalue weighted by Gasteiger charge is -2.35. The average Bonchev–Trinajstić information content (AvgIpc) is 2.91. The van der Waals surface area contributed by atoms with Crippen LogP contribution < -0.4 is 10.6 Å². The maximum Gasteiger partial charge on any atom is 0.00954 e. The molecule has 214 valence electrons. The largest absolute Gasteiger partial charge is 0.314 e. The van der Waals surface area contributed by atoms with Gasteiger partial charge in [0.1, 0.15) is 0 Å². The highest BCUT2D eigenvalue weighted by atomic mass is 14.9. The van der Waals surface area contributed by atoms with E-state index in [-0.39, 0.29) is 0 Å². The summed E-state index contributed by atoms with van der Waals surface area (Å²) in [5.41, 5.74) is 0. The summed E-state index contributed by atoms with van der Waals surface area (Å²) in [5.74, 6) is 3.83. The molecule has 0 aromatic rings. The molecule has 0 bridgehead atoms. The summed E-state index contributed by atoms with van der Waals surface area (Å²) in [7, 11) is 0. The van der Waals surface area contributed by atoms with Crippen LogP contribution in [0.4, 0.5) is 0 Å². The Balaban J connectivity index is 1.57. The van der Waals surface area contributed by atoms with E-state index in [1.165, 1.54) is 154 Å². The van der Waals surface area contributed by atoms with Gasteiger partial charge in [-0.15, -0.1) is 0 Å². The van der Waals surface area contributed by atoms with Crippen molar-refractivity contribution in [1.29, 1.82) is 0 Å². The van der Waals surface area contributed by atoms with Gasteiger partial charge in [-0.1, -0.05) is 118 Å². The fourth-order valence-electron chi connectivity index (χ4n) is 7.51. The van der Waals surface area contributed by atoms with E-state index in [4.69, 9.17) is 0 Å². The zero-order valence-electron chi connectivity index (χ0n) is 25.4. The van der Waals surface area contributed by atoms with E-state index in [9.17, 15) is 0 Å². The number of nitrogens with one attached hydrogen (secondary N) is 2. The molecule has 0 aromatic heterocycles. The van der Waals surface area contributed by atoms with Gasteiger partial charge in [-0.3, -0.25) is 0 Å². The Hall–Kier alpha value is -0.0800. The molecule has 0 amide bonds. The van der Waals surface area contributed by atoms with Crippen molar-refractivity contribution in [2.45, 2.75) is 181 Å². The molecule has 2 N–H and O–H groups in total. The van der Waals surface area contributed by atoms with Gasteiger partial charge in [-0.05, 0) is 88.1 Å². The van der Waals surface area contributed by atoms with Crippen LogP contribution in [0.25, 0.3) is 0 Å². The second-order valence-electron chi connectivity index (χ2n) is 12.9. The third-order valence-electron chi connectivity index (χ3n) is 10.1. The van der Waals surface area contributed by atoms with Crippen molar-refractivity contribution in [2.24, 2.45) is 23.7 Å². The van der Waals surface area contributed by atoms with Crippen LogP contribution in [0.1, 0.15) is 169 Å². The summed E-state index contributed by atoms with van der Waals surface area (Å²) in [6, 6.07) is 1.62. The Morgan fingerprint density at radius 1 is 0.528 bits per heavy atom. The van der Waals surface area contributed by atoms with Gasteiger partial charge in [0.05, 0.1) is 0 Å². The van der Waals surface area contributed by atoms with Crippen molar-refractivity contribution in [3.8, 4) is 0 Å². The van der Waals surface area contributed by atoms with Gasteiger partial charge < -0.3 is 10.6 Å². The topological polar surface area (TPSA) is 24.1 Å². The lowest BCUT2D eigenvalue weighted by atomic mass is 9.77. The zero-order valence-corrected chi connectivity index (χ0v) is 25.4. The quantitative estimate of drug-likeness (QED) is 0.152. The summed E-state index contributed by atoms with van der Waals surface area (Å²) >= 11 is 0. The molecule has 2 fully saturated rings. The van der Waals surface area contributed by atoms with Crippen LogP contribution in [0.3, 0.4) is 0 Å².